The fourth-order valence-electron chi connectivity index (χ4n) is 1.12. The van der Waals surface area contributed by atoms with Gasteiger partial charge in [0, 0.05) is 6.61 Å². The summed E-state index contributed by atoms with van der Waals surface area (Å²) in [4.78, 5) is 33.2. The lowest BCUT2D eigenvalue weighted by atomic mass is 10.3. The summed E-state index contributed by atoms with van der Waals surface area (Å²) in [6.07, 6.45) is 0.808. The number of aliphatic carboxylic acids is 2. The second kappa shape index (κ2) is 8.51. The maximum absolute atomic E-state index is 11.5. The van der Waals surface area contributed by atoms with Gasteiger partial charge in [0.25, 0.3) is 0 Å². The topological polar surface area (TPSA) is 104 Å². The highest BCUT2D eigenvalue weighted by Gasteiger charge is 2.18. The number of carboxylic acids is 2. The van der Waals surface area contributed by atoms with E-state index < -0.39 is 30.9 Å². The van der Waals surface area contributed by atoms with Gasteiger partial charge in [-0.05, 0) is 6.42 Å². The van der Waals surface area contributed by atoms with Crippen molar-refractivity contribution < 1.29 is 29.3 Å². The second-order valence-electron chi connectivity index (χ2n) is 3.40. The van der Waals surface area contributed by atoms with Crippen LogP contribution in [0.2, 0.25) is 0 Å². The van der Waals surface area contributed by atoms with Crippen molar-refractivity contribution >= 4 is 17.8 Å². The molecular weight excluding hydrogens is 230 g/mol. The average Bonchev–Trinajstić information content (AvgIpc) is 2.22. The van der Waals surface area contributed by atoms with Gasteiger partial charge in [-0.2, -0.15) is 0 Å². The van der Waals surface area contributed by atoms with E-state index in [9.17, 15) is 14.4 Å². The summed E-state index contributed by atoms with van der Waals surface area (Å²) < 4.78 is 5.07. The van der Waals surface area contributed by atoms with E-state index in [1.165, 1.54) is 0 Å². The molecular formula is C10H17NO6. The number of nitrogens with zero attached hydrogens (tertiary/aromatic N) is 1. The van der Waals surface area contributed by atoms with Gasteiger partial charge in [0.05, 0.1) is 13.0 Å². The summed E-state index contributed by atoms with van der Waals surface area (Å²) >= 11 is 0. The Morgan fingerprint density at radius 2 is 1.59 bits per heavy atom. The van der Waals surface area contributed by atoms with Crippen LogP contribution < -0.4 is 0 Å². The van der Waals surface area contributed by atoms with E-state index in [0.717, 1.165) is 11.3 Å². The molecule has 0 spiro atoms. The molecule has 0 unspecified atom stereocenters. The largest absolute Gasteiger partial charge is 0.480 e. The molecule has 0 aliphatic heterocycles. The van der Waals surface area contributed by atoms with Crippen molar-refractivity contribution in [2.45, 2.75) is 19.8 Å². The number of ether oxygens (including phenoxy) is 1. The van der Waals surface area contributed by atoms with Crippen LogP contribution in [0.1, 0.15) is 19.8 Å². The van der Waals surface area contributed by atoms with Crippen molar-refractivity contribution in [1.29, 1.82) is 0 Å². The minimum absolute atomic E-state index is 0.0133. The summed E-state index contributed by atoms with van der Waals surface area (Å²) in [6.45, 7) is 1.38. The molecule has 2 N–H and O–H groups in total. The fourth-order valence-corrected chi connectivity index (χ4v) is 1.12. The molecule has 0 heterocycles. The molecule has 0 aliphatic rings. The Labute approximate surface area is 99.0 Å². The van der Waals surface area contributed by atoms with Crippen LogP contribution in [0.3, 0.4) is 0 Å². The van der Waals surface area contributed by atoms with E-state index in [2.05, 4.69) is 0 Å². The van der Waals surface area contributed by atoms with Gasteiger partial charge in [0.2, 0.25) is 5.91 Å². The lowest BCUT2D eigenvalue weighted by molar-refractivity contribution is -0.149. The SMILES string of the molecule is CCCOCCC(=O)N(CC(=O)O)CC(=O)O. The van der Waals surface area contributed by atoms with E-state index >= 15 is 0 Å². The van der Waals surface area contributed by atoms with E-state index in [1.807, 2.05) is 6.92 Å². The van der Waals surface area contributed by atoms with Crippen LogP contribution in [0.4, 0.5) is 0 Å². The molecule has 0 fully saturated rings. The van der Waals surface area contributed by atoms with Crippen molar-refractivity contribution in [2.24, 2.45) is 0 Å². The van der Waals surface area contributed by atoms with Crippen molar-refractivity contribution in [3.8, 4) is 0 Å². The first-order valence-electron chi connectivity index (χ1n) is 5.26. The molecule has 0 aromatic rings. The van der Waals surface area contributed by atoms with Crippen molar-refractivity contribution in [1.82, 2.24) is 4.90 Å². The number of amides is 1. The van der Waals surface area contributed by atoms with Gasteiger partial charge in [0.1, 0.15) is 13.1 Å². The van der Waals surface area contributed by atoms with Gasteiger partial charge in [-0.3, -0.25) is 14.4 Å². The molecule has 1 amide bonds. The number of carboxylic acid groups (broad SMARTS) is 2. The molecule has 0 aromatic heterocycles. The molecule has 0 aliphatic carbocycles. The van der Waals surface area contributed by atoms with Gasteiger partial charge in [-0.15, -0.1) is 0 Å². The van der Waals surface area contributed by atoms with E-state index in [0.29, 0.717) is 6.61 Å². The Kier molecular flexibility index (Phi) is 7.70. The zero-order valence-corrected chi connectivity index (χ0v) is 9.72. The van der Waals surface area contributed by atoms with E-state index in [-0.39, 0.29) is 13.0 Å². The van der Waals surface area contributed by atoms with E-state index in [4.69, 9.17) is 14.9 Å². The maximum Gasteiger partial charge on any atom is 0.323 e. The van der Waals surface area contributed by atoms with Crippen molar-refractivity contribution in [3.63, 3.8) is 0 Å². The number of hydrogen-bond donors (Lipinski definition) is 2. The number of hydrogen-bond acceptors (Lipinski definition) is 4. The third kappa shape index (κ3) is 8.21. The molecule has 0 aromatic carbocycles. The Morgan fingerprint density at radius 1 is 1.06 bits per heavy atom. The number of carbonyl (C=O) groups excluding carboxylic acids is 1. The first-order chi connectivity index (χ1) is 7.97. The maximum atomic E-state index is 11.5. The molecule has 0 bridgehead atoms. The Bertz CT molecular complexity index is 262. The summed E-state index contributed by atoms with van der Waals surface area (Å²) in [7, 11) is 0. The van der Waals surface area contributed by atoms with Gasteiger partial charge in [-0.25, -0.2) is 0 Å². The predicted molar refractivity (Wildman–Crippen MR) is 57.6 cm³/mol. The highest BCUT2D eigenvalue weighted by Crippen LogP contribution is 1.96. The van der Waals surface area contributed by atoms with Crippen LogP contribution in [0.15, 0.2) is 0 Å². The van der Waals surface area contributed by atoms with Gasteiger partial charge in [-0.1, -0.05) is 6.92 Å². The first-order valence-corrected chi connectivity index (χ1v) is 5.26. The molecule has 0 saturated carbocycles. The minimum atomic E-state index is -1.24. The molecule has 7 nitrogen and oxygen atoms in total. The zero-order chi connectivity index (χ0) is 13.3. The van der Waals surface area contributed by atoms with Gasteiger partial charge < -0.3 is 19.8 Å². The molecule has 7 heteroatoms. The fraction of sp³-hybridized carbons (Fsp3) is 0.700. The molecule has 0 atom stereocenters. The smallest absolute Gasteiger partial charge is 0.323 e. The Morgan fingerprint density at radius 3 is 2.00 bits per heavy atom. The normalized spacial score (nSPS) is 9.94. The molecule has 0 radical (unpaired) electrons. The standard InChI is InChI=1S/C10H17NO6/c1-2-4-17-5-3-8(12)11(6-9(13)14)7-10(15)16/h2-7H2,1H3,(H,13,14)(H,15,16). The van der Waals surface area contributed by atoms with Crippen LogP contribution >= 0.6 is 0 Å². The summed E-state index contributed by atoms with van der Waals surface area (Å²) in [5.41, 5.74) is 0. The van der Waals surface area contributed by atoms with E-state index in [1.54, 1.807) is 0 Å². The van der Waals surface area contributed by atoms with Crippen LogP contribution in [0, 0.1) is 0 Å². The van der Waals surface area contributed by atoms with Crippen LogP contribution in [-0.4, -0.2) is 59.3 Å². The average molecular weight is 247 g/mol. The predicted octanol–water partition coefficient (Wildman–Crippen LogP) is -0.199. The lowest BCUT2D eigenvalue weighted by Gasteiger charge is -2.18. The second-order valence-corrected chi connectivity index (χ2v) is 3.40. The number of rotatable bonds is 9. The molecule has 0 saturated heterocycles. The molecule has 17 heavy (non-hydrogen) atoms. The molecule has 0 rings (SSSR count). The Hall–Kier alpha value is -1.63. The van der Waals surface area contributed by atoms with Crippen LogP contribution in [0.25, 0.3) is 0 Å². The van der Waals surface area contributed by atoms with Gasteiger partial charge >= 0.3 is 11.9 Å². The van der Waals surface area contributed by atoms with Crippen molar-refractivity contribution in [3.05, 3.63) is 0 Å². The van der Waals surface area contributed by atoms with Crippen LogP contribution in [-0.2, 0) is 19.1 Å². The van der Waals surface area contributed by atoms with Gasteiger partial charge in [0.15, 0.2) is 0 Å². The van der Waals surface area contributed by atoms with Crippen molar-refractivity contribution in [2.75, 3.05) is 26.3 Å². The van der Waals surface area contributed by atoms with Crippen LogP contribution in [0.5, 0.6) is 0 Å². The highest BCUT2D eigenvalue weighted by atomic mass is 16.5. The third-order valence-corrected chi connectivity index (χ3v) is 1.81. The summed E-state index contributed by atoms with van der Waals surface area (Å²) in [6, 6.07) is 0. The Balaban J connectivity index is 4.12. The quantitative estimate of drug-likeness (QED) is 0.547. The third-order valence-electron chi connectivity index (χ3n) is 1.81. The summed E-state index contributed by atoms with van der Waals surface area (Å²) in [5, 5.41) is 17.1. The zero-order valence-electron chi connectivity index (χ0n) is 9.72. The number of carbonyl (C=O) groups is 3. The first kappa shape index (κ1) is 15.4. The molecule has 98 valence electrons. The minimum Gasteiger partial charge on any atom is -0.480 e. The highest BCUT2D eigenvalue weighted by molar-refractivity contribution is 5.85. The summed E-state index contributed by atoms with van der Waals surface area (Å²) in [5.74, 6) is -3.02. The lowest BCUT2D eigenvalue weighted by Crippen LogP contribution is -2.39. The monoisotopic (exact) mass is 247 g/mol.